The SMILES string of the molecule is Cc1c(-c2nc(-c3ccc(-c4ccccc4)cc3)nc3ccccc23)c2cc3c4ccccc4n4c5c6ccccc6ccc5c(c2c2ccccc12)c34. The second kappa shape index (κ2) is 11.0. The predicted molar refractivity (Wildman–Crippen MR) is 228 cm³/mol. The Hall–Kier alpha value is -7.10. The van der Waals surface area contributed by atoms with Crippen LogP contribution in [0.25, 0.3) is 115 Å². The molecule has 3 heterocycles. The Kier molecular flexibility index (Phi) is 5.98. The second-order valence-electron chi connectivity index (χ2n) is 14.5. The highest BCUT2D eigenvalue weighted by molar-refractivity contribution is 6.39. The highest BCUT2D eigenvalue weighted by Crippen LogP contribution is 2.50. The van der Waals surface area contributed by atoms with E-state index in [0.29, 0.717) is 0 Å². The number of aryl methyl sites for hydroxylation is 1. The molecule has 12 aromatic rings. The lowest BCUT2D eigenvalue weighted by atomic mass is 9.86. The zero-order valence-electron chi connectivity index (χ0n) is 29.5. The molecule has 0 atom stereocenters. The van der Waals surface area contributed by atoms with Crippen molar-refractivity contribution in [2.45, 2.75) is 6.92 Å². The summed E-state index contributed by atoms with van der Waals surface area (Å²) in [4.78, 5) is 10.7. The molecule has 0 fully saturated rings. The largest absolute Gasteiger partial charge is 0.307 e. The minimum atomic E-state index is 0.725. The molecule has 0 spiro atoms. The van der Waals surface area contributed by atoms with Crippen LogP contribution in [0, 0.1) is 6.92 Å². The van der Waals surface area contributed by atoms with E-state index < -0.39 is 0 Å². The maximum atomic E-state index is 5.53. The first kappa shape index (κ1) is 29.5. The summed E-state index contributed by atoms with van der Waals surface area (Å²) in [5.41, 5.74) is 11.4. The van der Waals surface area contributed by atoms with Crippen LogP contribution in [0.4, 0.5) is 0 Å². The third kappa shape index (κ3) is 3.96. The zero-order chi connectivity index (χ0) is 35.5. The summed E-state index contributed by atoms with van der Waals surface area (Å²) in [5.74, 6) is 0.725. The third-order valence-electron chi connectivity index (χ3n) is 11.7. The smallest absolute Gasteiger partial charge is 0.160 e. The molecule has 0 aliphatic rings. The van der Waals surface area contributed by atoms with Gasteiger partial charge in [-0.2, -0.15) is 0 Å². The first-order chi connectivity index (χ1) is 26.7. The van der Waals surface area contributed by atoms with Crippen LogP contribution in [-0.4, -0.2) is 14.4 Å². The molecule has 0 saturated heterocycles. The van der Waals surface area contributed by atoms with Crippen molar-refractivity contribution < 1.29 is 0 Å². The molecule has 12 rings (SSSR count). The van der Waals surface area contributed by atoms with Gasteiger partial charge in [-0.15, -0.1) is 0 Å². The Morgan fingerprint density at radius 2 is 1.06 bits per heavy atom. The summed E-state index contributed by atoms with van der Waals surface area (Å²) in [6, 6.07) is 61.4. The molecular weight excluding hydrogens is 655 g/mol. The number of benzene rings is 9. The molecule has 3 nitrogen and oxygen atoms in total. The first-order valence-corrected chi connectivity index (χ1v) is 18.6. The Labute approximate surface area is 310 Å². The van der Waals surface area contributed by atoms with Gasteiger partial charge in [0.25, 0.3) is 0 Å². The van der Waals surface area contributed by atoms with Gasteiger partial charge in [0.2, 0.25) is 0 Å². The van der Waals surface area contributed by atoms with Gasteiger partial charge in [-0.1, -0.05) is 152 Å². The fourth-order valence-electron chi connectivity index (χ4n) is 9.30. The summed E-state index contributed by atoms with van der Waals surface area (Å²) < 4.78 is 2.53. The van der Waals surface area contributed by atoms with E-state index in [4.69, 9.17) is 9.97 Å². The van der Waals surface area contributed by atoms with Crippen molar-refractivity contribution in [1.29, 1.82) is 0 Å². The van der Waals surface area contributed by atoms with Crippen LogP contribution < -0.4 is 0 Å². The van der Waals surface area contributed by atoms with Crippen LogP contribution in [0.2, 0.25) is 0 Å². The number of fused-ring (bicyclic) bond motifs is 13. The Balaban J connectivity index is 1.25. The standard InChI is InChI=1S/C51H31N3/c1-30-35-16-7-8-19-38(35)46-42(29-41-37-18-10-12-22-44(37)54-49-36-17-6-5-15-33(36)27-28-40(49)47(46)50(41)54)45(30)48-39-20-9-11-21-43(39)52-51(53-48)34-25-23-32(24-26-34)31-13-3-2-4-14-31/h2-29H,1H3. The van der Waals surface area contributed by atoms with Crippen molar-refractivity contribution in [2.24, 2.45) is 0 Å². The Morgan fingerprint density at radius 3 is 1.89 bits per heavy atom. The van der Waals surface area contributed by atoms with Gasteiger partial charge in [0.05, 0.1) is 27.8 Å². The van der Waals surface area contributed by atoms with Gasteiger partial charge in [-0.3, -0.25) is 0 Å². The van der Waals surface area contributed by atoms with E-state index in [1.54, 1.807) is 0 Å². The Morgan fingerprint density at radius 1 is 0.407 bits per heavy atom. The average Bonchev–Trinajstić information content (AvgIpc) is 3.76. The van der Waals surface area contributed by atoms with Crippen LogP contribution in [-0.2, 0) is 0 Å². The van der Waals surface area contributed by atoms with E-state index in [1.165, 1.54) is 87.1 Å². The van der Waals surface area contributed by atoms with Crippen molar-refractivity contribution in [3.63, 3.8) is 0 Å². The molecule has 0 amide bonds. The summed E-state index contributed by atoms with van der Waals surface area (Å²) in [7, 11) is 0. The lowest BCUT2D eigenvalue weighted by molar-refractivity contribution is 1.23. The number of para-hydroxylation sites is 2. The molecule has 3 heteroatoms. The van der Waals surface area contributed by atoms with E-state index in [9.17, 15) is 0 Å². The van der Waals surface area contributed by atoms with Crippen LogP contribution in [0.5, 0.6) is 0 Å². The summed E-state index contributed by atoms with van der Waals surface area (Å²) in [6.07, 6.45) is 0. The van der Waals surface area contributed by atoms with Crippen molar-refractivity contribution in [3.8, 4) is 33.8 Å². The molecule has 0 saturated carbocycles. The number of hydrogen-bond acceptors (Lipinski definition) is 2. The second-order valence-corrected chi connectivity index (χ2v) is 14.5. The van der Waals surface area contributed by atoms with Crippen LogP contribution >= 0.6 is 0 Å². The predicted octanol–water partition coefficient (Wildman–Crippen LogP) is 13.5. The maximum absolute atomic E-state index is 5.53. The molecule has 0 aliphatic carbocycles. The molecule has 9 aromatic carbocycles. The van der Waals surface area contributed by atoms with E-state index in [-0.39, 0.29) is 0 Å². The summed E-state index contributed by atoms with van der Waals surface area (Å²) in [6.45, 7) is 2.27. The summed E-state index contributed by atoms with van der Waals surface area (Å²) >= 11 is 0. The van der Waals surface area contributed by atoms with Crippen molar-refractivity contribution in [1.82, 2.24) is 14.4 Å². The number of nitrogens with zero attached hydrogens (tertiary/aromatic N) is 3. The Bertz CT molecular complexity index is 3490. The average molecular weight is 686 g/mol. The molecule has 0 radical (unpaired) electrons. The van der Waals surface area contributed by atoms with E-state index in [1.807, 2.05) is 0 Å². The number of rotatable bonds is 3. The van der Waals surface area contributed by atoms with Crippen LogP contribution in [0.15, 0.2) is 170 Å². The fraction of sp³-hybridized carbons (Fsp3) is 0.0196. The molecule has 250 valence electrons. The summed E-state index contributed by atoms with van der Waals surface area (Å²) in [5, 5.41) is 13.6. The van der Waals surface area contributed by atoms with Crippen LogP contribution in [0.3, 0.4) is 0 Å². The van der Waals surface area contributed by atoms with E-state index in [2.05, 4.69) is 181 Å². The number of aromatic nitrogens is 3. The van der Waals surface area contributed by atoms with E-state index in [0.717, 1.165) is 33.5 Å². The molecule has 54 heavy (non-hydrogen) atoms. The van der Waals surface area contributed by atoms with Gasteiger partial charge in [-0.25, -0.2) is 9.97 Å². The van der Waals surface area contributed by atoms with Gasteiger partial charge in [0, 0.05) is 48.8 Å². The van der Waals surface area contributed by atoms with E-state index >= 15 is 0 Å². The number of hydrogen-bond donors (Lipinski definition) is 0. The zero-order valence-corrected chi connectivity index (χ0v) is 29.5. The van der Waals surface area contributed by atoms with Gasteiger partial charge >= 0.3 is 0 Å². The molecule has 0 unspecified atom stereocenters. The van der Waals surface area contributed by atoms with Gasteiger partial charge in [0.1, 0.15) is 0 Å². The quantitative estimate of drug-likeness (QED) is 0.173. The molecule has 0 bridgehead atoms. The van der Waals surface area contributed by atoms with Crippen molar-refractivity contribution in [2.75, 3.05) is 0 Å². The van der Waals surface area contributed by atoms with Crippen molar-refractivity contribution in [3.05, 3.63) is 175 Å². The van der Waals surface area contributed by atoms with Gasteiger partial charge in [0.15, 0.2) is 5.82 Å². The highest BCUT2D eigenvalue weighted by atomic mass is 14.9. The lowest BCUT2D eigenvalue weighted by Gasteiger charge is -2.18. The van der Waals surface area contributed by atoms with Crippen molar-refractivity contribution >= 4 is 81.3 Å². The first-order valence-electron chi connectivity index (χ1n) is 18.6. The monoisotopic (exact) mass is 685 g/mol. The fourth-order valence-corrected chi connectivity index (χ4v) is 9.30. The normalized spacial score (nSPS) is 12.2. The topological polar surface area (TPSA) is 30.2 Å². The molecule has 0 aliphatic heterocycles. The van der Waals surface area contributed by atoms with Gasteiger partial charge < -0.3 is 4.40 Å². The van der Waals surface area contributed by atoms with Crippen LogP contribution in [0.1, 0.15) is 5.56 Å². The molecule has 0 N–H and O–H groups in total. The molecule has 3 aromatic heterocycles. The minimum Gasteiger partial charge on any atom is -0.307 e. The maximum Gasteiger partial charge on any atom is 0.160 e. The highest BCUT2D eigenvalue weighted by Gasteiger charge is 2.26. The van der Waals surface area contributed by atoms with Gasteiger partial charge in [-0.05, 0) is 63.4 Å². The molecular formula is C51H31N3. The lowest BCUT2D eigenvalue weighted by Crippen LogP contribution is -1.98. The minimum absolute atomic E-state index is 0.725. The third-order valence-corrected chi connectivity index (χ3v) is 11.7.